The van der Waals surface area contributed by atoms with Crippen LogP contribution in [0.4, 0.5) is 5.69 Å². The lowest BCUT2D eigenvalue weighted by Crippen LogP contribution is -2.27. The van der Waals surface area contributed by atoms with Crippen LogP contribution in [-0.4, -0.2) is 20.6 Å². The number of benzene rings is 1. The van der Waals surface area contributed by atoms with Crippen LogP contribution >= 0.6 is 0 Å². The van der Waals surface area contributed by atoms with Crippen molar-refractivity contribution in [1.82, 2.24) is 5.32 Å². The molecule has 106 valence electrons. The average Bonchev–Trinajstić information content (AvgIpc) is 2.94. The Hall–Kier alpha value is -1.02. The van der Waals surface area contributed by atoms with Gasteiger partial charge in [0.1, 0.15) is 0 Å². The lowest BCUT2D eigenvalue weighted by Gasteiger charge is -2.26. The first-order valence-corrected chi connectivity index (χ1v) is 7.73. The minimum absolute atomic E-state index is 0.554. The zero-order chi connectivity index (χ0) is 13.7. The Bertz CT molecular complexity index is 363. The second kappa shape index (κ2) is 6.95. The van der Waals surface area contributed by atoms with E-state index in [4.69, 9.17) is 0 Å². The highest BCUT2D eigenvalue weighted by atomic mass is 15.1. The number of nitrogens with one attached hydrogen (secondary N) is 1. The summed E-state index contributed by atoms with van der Waals surface area (Å²) in [4.78, 5) is 2.16. The van der Waals surface area contributed by atoms with E-state index in [9.17, 15) is 0 Å². The van der Waals surface area contributed by atoms with Crippen molar-refractivity contribution in [2.24, 2.45) is 5.92 Å². The second-order valence-corrected chi connectivity index (χ2v) is 5.96. The molecule has 0 amide bonds. The van der Waals surface area contributed by atoms with Crippen LogP contribution in [0, 0.1) is 5.92 Å². The smallest absolute Gasteiger partial charge is 0.0361 e. The third-order valence-corrected chi connectivity index (χ3v) is 4.25. The normalized spacial score (nSPS) is 17.6. The molecule has 1 saturated carbocycles. The third-order valence-electron chi connectivity index (χ3n) is 4.25. The molecule has 19 heavy (non-hydrogen) atoms. The predicted molar refractivity (Wildman–Crippen MR) is 83.8 cm³/mol. The molecular formula is C17H28N2. The fourth-order valence-corrected chi connectivity index (χ4v) is 3.13. The molecule has 0 saturated heterocycles. The molecule has 1 unspecified atom stereocenters. The van der Waals surface area contributed by atoms with Crippen LogP contribution in [-0.2, 0) is 0 Å². The number of hydrogen-bond donors (Lipinski definition) is 1. The van der Waals surface area contributed by atoms with Crippen molar-refractivity contribution >= 4 is 5.69 Å². The van der Waals surface area contributed by atoms with Crippen LogP contribution in [0.5, 0.6) is 0 Å². The highest BCUT2D eigenvalue weighted by Gasteiger charge is 2.25. The maximum atomic E-state index is 3.76. The van der Waals surface area contributed by atoms with E-state index in [0.29, 0.717) is 6.04 Å². The molecule has 1 aliphatic rings. The van der Waals surface area contributed by atoms with Gasteiger partial charge in [-0.2, -0.15) is 0 Å². The molecule has 2 nitrogen and oxygen atoms in total. The van der Waals surface area contributed by atoms with E-state index in [1.54, 1.807) is 0 Å². The van der Waals surface area contributed by atoms with Gasteiger partial charge in [0, 0.05) is 25.8 Å². The molecule has 1 aliphatic carbocycles. The Morgan fingerprint density at radius 3 is 2.32 bits per heavy atom. The van der Waals surface area contributed by atoms with Gasteiger partial charge in [0.05, 0.1) is 0 Å². The summed E-state index contributed by atoms with van der Waals surface area (Å²) < 4.78 is 0. The summed E-state index contributed by atoms with van der Waals surface area (Å²) in [6, 6.07) is 9.65. The van der Waals surface area contributed by atoms with Crippen molar-refractivity contribution in [2.75, 3.05) is 25.5 Å². The van der Waals surface area contributed by atoms with Crippen LogP contribution in [0.3, 0.4) is 0 Å². The predicted octanol–water partition coefficient (Wildman–Crippen LogP) is 3.98. The third kappa shape index (κ3) is 3.73. The molecule has 1 aromatic carbocycles. The van der Waals surface area contributed by atoms with Gasteiger partial charge in [0.2, 0.25) is 0 Å². The molecule has 0 spiro atoms. The van der Waals surface area contributed by atoms with Gasteiger partial charge in [-0.15, -0.1) is 0 Å². The Labute approximate surface area is 118 Å². The van der Waals surface area contributed by atoms with Crippen molar-refractivity contribution in [3.63, 3.8) is 0 Å². The number of anilines is 1. The maximum Gasteiger partial charge on any atom is 0.0361 e. The summed E-state index contributed by atoms with van der Waals surface area (Å²) >= 11 is 0. The van der Waals surface area contributed by atoms with Crippen LogP contribution < -0.4 is 10.2 Å². The lowest BCUT2D eigenvalue weighted by atomic mass is 9.91. The monoisotopic (exact) mass is 260 g/mol. The van der Waals surface area contributed by atoms with Crippen molar-refractivity contribution in [3.05, 3.63) is 29.8 Å². The molecule has 0 heterocycles. The van der Waals surface area contributed by atoms with E-state index in [1.165, 1.54) is 43.4 Å². The highest BCUT2D eigenvalue weighted by Crippen LogP contribution is 2.36. The summed E-state index contributed by atoms with van der Waals surface area (Å²) in [7, 11) is 4.19. The van der Waals surface area contributed by atoms with Gasteiger partial charge in [0.25, 0.3) is 0 Å². The van der Waals surface area contributed by atoms with Crippen LogP contribution in [0.1, 0.15) is 50.6 Å². The van der Waals surface area contributed by atoms with Gasteiger partial charge in [-0.25, -0.2) is 0 Å². The van der Waals surface area contributed by atoms with Crippen LogP contribution in [0.2, 0.25) is 0 Å². The maximum absolute atomic E-state index is 3.76. The molecule has 1 atom stereocenters. The molecule has 0 bridgehead atoms. The lowest BCUT2D eigenvalue weighted by molar-refractivity contribution is 0.368. The highest BCUT2D eigenvalue weighted by molar-refractivity contribution is 5.46. The van der Waals surface area contributed by atoms with E-state index in [2.05, 4.69) is 55.5 Å². The summed E-state index contributed by atoms with van der Waals surface area (Å²) in [5.74, 6) is 0.830. The zero-order valence-electron chi connectivity index (χ0n) is 12.7. The second-order valence-electron chi connectivity index (χ2n) is 5.96. The first-order chi connectivity index (χ1) is 9.22. The van der Waals surface area contributed by atoms with E-state index in [0.717, 1.165) is 12.5 Å². The van der Waals surface area contributed by atoms with E-state index < -0.39 is 0 Å². The van der Waals surface area contributed by atoms with E-state index in [1.807, 2.05) is 0 Å². The number of rotatable bonds is 6. The molecule has 0 aromatic heterocycles. The molecule has 0 radical (unpaired) electrons. The van der Waals surface area contributed by atoms with Gasteiger partial charge >= 0.3 is 0 Å². The Morgan fingerprint density at radius 2 is 1.79 bits per heavy atom. The van der Waals surface area contributed by atoms with Crippen LogP contribution in [0.15, 0.2) is 24.3 Å². The topological polar surface area (TPSA) is 15.3 Å². The number of nitrogens with zero attached hydrogens (tertiary/aromatic N) is 1. The molecule has 1 N–H and O–H groups in total. The van der Waals surface area contributed by atoms with Crippen molar-refractivity contribution in [1.29, 1.82) is 0 Å². The van der Waals surface area contributed by atoms with Crippen molar-refractivity contribution in [3.8, 4) is 0 Å². The average molecular weight is 260 g/mol. The van der Waals surface area contributed by atoms with Crippen molar-refractivity contribution in [2.45, 2.75) is 45.1 Å². The zero-order valence-corrected chi connectivity index (χ0v) is 12.7. The standard InChI is InChI=1S/C17H28N2/c1-4-13-18-17(14-7-5-6-8-14)15-9-11-16(12-10-15)19(2)3/h9-12,14,17-18H,4-8,13H2,1-3H3. The Kier molecular flexibility index (Phi) is 5.26. The summed E-state index contributed by atoms with van der Waals surface area (Å²) in [6.45, 7) is 3.37. The number of hydrogen-bond acceptors (Lipinski definition) is 2. The summed E-state index contributed by atoms with van der Waals surface area (Å²) in [5.41, 5.74) is 2.75. The van der Waals surface area contributed by atoms with Crippen molar-refractivity contribution < 1.29 is 0 Å². The molecule has 2 rings (SSSR count). The first-order valence-electron chi connectivity index (χ1n) is 7.73. The molecular weight excluding hydrogens is 232 g/mol. The van der Waals surface area contributed by atoms with E-state index in [-0.39, 0.29) is 0 Å². The molecule has 1 aromatic rings. The van der Waals surface area contributed by atoms with Gasteiger partial charge in [-0.1, -0.05) is 31.9 Å². The molecule has 2 heteroatoms. The van der Waals surface area contributed by atoms with Gasteiger partial charge in [0.15, 0.2) is 0 Å². The minimum atomic E-state index is 0.554. The summed E-state index contributed by atoms with van der Waals surface area (Å²) in [5, 5.41) is 3.76. The van der Waals surface area contributed by atoms with Gasteiger partial charge < -0.3 is 10.2 Å². The fraction of sp³-hybridized carbons (Fsp3) is 0.647. The Morgan fingerprint density at radius 1 is 1.16 bits per heavy atom. The quantitative estimate of drug-likeness (QED) is 0.832. The molecule has 1 fully saturated rings. The minimum Gasteiger partial charge on any atom is -0.378 e. The largest absolute Gasteiger partial charge is 0.378 e. The SMILES string of the molecule is CCCNC(c1ccc(N(C)C)cc1)C1CCCC1. The molecule has 0 aliphatic heterocycles. The Balaban J connectivity index is 2.11. The first kappa shape index (κ1) is 14.4. The van der Waals surface area contributed by atoms with Gasteiger partial charge in [-0.05, 0) is 49.4 Å². The van der Waals surface area contributed by atoms with Crippen LogP contribution in [0.25, 0.3) is 0 Å². The van der Waals surface area contributed by atoms with E-state index >= 15 is 0 Å². The summed E-state index contributed by atoms with van der Waals surface area (Å²) in [6.07, 6.45) is 6.79. The fourth-order valence-electron chi connectivity index (χ4n) is 3.13. The van der Waals surface area contributed by atoms with Gasteiger partial charge in [-0.3, -0.25) is 0 Å².